The first-order valence-corrected chi connectivity index (χ1v) is 9.54. The van der Waals surface area contributed by atoms with Gasteiger partial charge in [-0.3, -0.25) is 30.0 Å². The lowest BCUT2D eigenvalue weighted by Gasteiger charge is -2.07. The van der Waals surface area contributed by atoms with Crippen molar-refractivity contribution in [2.45, 2.75) is 38.5 Å². The lowest BCUT2D eigenvalue weighted by atomic mass is 10.1. The van der Waals surface area contributed by atoms with E-state index in [9.17, 15) is 19.2 Å². The molecule has 0 radical (unpaired) electrons. The molecule has 2 rings (SSSR count). The maximum absolute atomic E-state index is 11.7. The average Bonchev–Trinajstić information content (AvgIpc) is 2.75. The van der Waals surface area contributed by atoms with Crippen LogP contribution in [0.4, 0.5) is 0 Å². The Bertz CT molecular complexity index is 739. The first-order chi connectivity index (χ1) is 14.4. The van der Waals surface area contributed by atoms with Crippen molar-refractivity contribution in [2.24, 2.45) is 0 Å². The number of hydrazine groups is 1. The molecule has 8 heteroatoms. The van der Waals surface area contributed by atoms with Gasteiger partial charge in [0.1, 0.15) is 0 Å². The van der Waals surface area contributed by atoms with Gasteiger partial charge in [0, 0.05) is 24.0 Å². The van der Waals surface area contributed by atoms with Crippen LogP contribution in [-0.4, -0.2) is 34.0 Å². The number of amides is 2. The number of unbranched alkanes of at least 4 members (excludes halogenated alkanes) is 3. The minimum atomic E-state index is -0.784. The Hall–Kier alpha value is -3.68. The van der Waals surface area contributed by atoms with Crippen molar-refractivity contribution in [3.63, 3.8) is 0 Å². The summed E-state index contributed by atoms with van der Waals surface area (Å²) in [6.45, 7) is 0. The van der Waals surface area contributed by atoms with Gasteiger partial charge in [-0.1, -0.05) is 49.2 Å². The largest absolute Gasteiger partial charge is 0.481 e. The molecule has 0 saturated carbocycles. The van der Waals surface area contributed by atoms with Crippen LogP contribution in [0.2, 0.25) is 0 Å². The molecule has 0 bridgehead atoms. The summed E-state index contributed by atoms with van der Waals surface area (Å²) in [5.74, 6) is -2.26. The van der Waals surface area contributed by atoms with Gasteiger partial charge < -0.3 is 10.2 Å². The highest BCUT2D eigenvalue weighted by Gasteiger charge is 2.07. The normalized spacial score (nSPS) is 9.60. The van der Waals surface area contributed by atoms with Crippen LogP contribution in [0.1, 0.15) is 59.2 Å². The summed E-state index contributed by atoms with van der Waals surface area (Å²) in [6.07, 6.45) is 3.28. The van der Waals surface area contributed by atoms with E-state index < -0.39 is 11.9 Å². The van der Waals surface area contributed by atoms with Gasteiger partial charge in [0.25, 0.3) is 11.8 Å². The lowest BCUT2D eigenvalue weighted by Crippen LogP contribution is -2.41. The van der Waals surface area contributed by atoms with Gasteiger partial charge in [-0.25, -0.2) is 0 Å². The summed E-state index contributed by atoms with van der Waals surface area (Å²) in [5, 5.41) is 16.5. The molecule has 0 aliphatic rings. The molecule has 4 N–H and O–H groups in total. The molecule has 0 saturated heterocycles. The number of aliphatic carboxylic acids is 2. The van der Waals surface area contributed by atoms with Crippen molar-refractivity contribution < 1.29 is 29.4 Å². The minimum Gasteiger partial charge on any atom is -0.481 e. The van der Waals surface area contributed by atoms with Crippen molar-refractivity contribution >= 4 is 23.8 Å². The minimum absolute atomic E-state index is 0.188. The van der Waals surface area contributed by atoms with Crippen LogP contribution >= 0.6 is 0 Å². The molecular weight excluding hydrogens is 388 g/mol. The quantitative estimate of drug-likeness (QED) is 0.368. The molecule has 0 fully saturated rings. The molecule has 2 aromatic carbocycles. The third kappa shape index (κ3) is 11.2. The number of hydrogen-bond acceptors (Lipinski definition) is 4. The van der Waals surface area contributed by atoms with E-state index in [1.165, 1.54) is 0 Å². The van der Waals surface area contributed by atoms with Crippen molar-refractivity contribution in [2.75, 3.05) is 0 Å². The summed E-state index contributed by atoms with van der Waals surface area (Å²) >= 11 is 0. The van der Waals surface area contributed by atoms with Crippen LogP contribution in [-0.2, 0) is 9.59 Å². The van der Waals surface area contributed by atoms with E-state index in [4.69, 9.17) is 10.2 Å². The number of carbonyl (C=O) groups is 4. The lowest BCUT2D eigenvalue weighted by molar-refractivity contribution is -0.138. The topological polar surface area (TPSA) is 133 Å². The van der Waals surface area contributed by atoms with Crippen LogP contribution in [0.15, 0.2) is 60.7 Å². The first-order valence-electron chi connectivity index (χ1n) is 9.54. The number of benzene rings is 2. The molecular formula is C22H26N2O6. The molecule has 160 valence electrons. The molecule has 0 atom stereocenters. The Balaban J connectivity index is 0.000000329. The number of carboxylic acid groups (broad SMARTS) is 2. The second kappa shape index (κ2) is 14.3. The third-order valence-corrected chi connectivity index (χ3v) is 3.89. The molecule has 0 spiro atoms. The Kier molecular flexibility index (Phi) is 11.6. The second-order valence-electron chi connectivity index (χ2n) is 6.34. The number of carboxylic acids is 2. The Morgan fingerprint density at radius 1 is 0.567 bits per heavy atom. The number of hydrogen-bond donors (Lipinski definition) is 4. The van der Waals surface area contributed by atoms with Crippen molar-refractivity contribution in [3.8, 4) is 0 Å². The maximum Gasteiger partial charge on any atom is 0.303 e. The molecule has 0 aliphatic carbocycles. The highest BCUT2D eigenvalue weighted by molar-refractivity contribution is 5.98. The number of nitrogens with one attached hydrogen (secondary N) is 2. The molecule has 0 heterocycles. The fraction of sp³-hybridized carbons (Fsp3) is 0.273. The SMILES string of the molecule is O=C(NNC(=O)c1ccccc1)c1ccccc1.O=C(O)CCCCCCC(=O)O. The predicted octanol–water partition coefficient (Wildman–Crippen LogP) is 3.26. The van der Waals surface area contributed by atoms with Gasteiger partial charge in [-0.05, 0) is 37.1 Å². The van der Waals surface area contributed by atoms with E-state index >= 15 is 0 Å². The van der Waals surface area contributed by atoms with E-state index in [2.05, 4.69) is 10.9 Å². The monoisotopic (exact) mass is 414 g/mol. The van der Waals surface area contributed by atoms with E-state index in [1.807, 2.05) is 12.1 Å². The van der Waals surface area contributed by atoms with E-state index in [0.717, 1.165) is 12.8 Å². The van der Waals surface area contributed by atoms with Gasteiger partial charge in [-0.15, -0.1) is 0 Å². The summed E-state index contributed by atoms with van der Waals surface area (Å²) < 4.78 is 0. The molecule has 0 aliphatic heterocycles. The zero-order chi connectivity index (χ0) is 22.2. The number of rotatable bonds is 9. The van der Waals surface area contributed by atoms with Crippen LogP contribution in [0.25, 0.3) is 0 Å². The summed E-state index contributed by atoms with van der Waals surface area (Å²) in [5.41, 5.74) is 5.70. The molecule has 8 nitrogen and oxygen atoms in total. The van der Waals surface area contributed by atoms with E-state index in [1.54, 1.807) is 48.5 Å². The Morgan fingerprint density at radius 2 is 0.900 bits per heavy atom. The standard InChI is InChI=1S/C14H12N2O2.C8H14O4/c17-13(11-7-3-1-4-8-11)15-16-14(18)12-9-5-2-6-10-12;9-7(10)5-3-1-2-4-6-8(11)12/h1-10H,(H,15,17)(H,16,18);1-6H2,(H,9,10)(H,11,12). The Morgan fingerprint density at radius 3 is 1.20 bits per heavy atom. The number of carbonyl (C=O) groups excluding carboxylic acids is 2. The molecule has 0 unspecified atom stereocenters. The summed E-state index contributed by atoms with van der Waals surface area (Å²) in [4.78, 5) is 43.4. The highest BCUT2D eigenvalue weighted by Crippen LogP contribution is 2.05. The van der Waals surface area contributed by atoms with Crippen LogP contribution in [0.3, 0.4) is 0 Å². The molecule has 2 aromatic rings. The molecule has 0 aromatic heterocycles. The zero-order valence-corrected chi connectivity index (χ0v) is 16.5. The van der Waals surface area contributed by atoms with E-state index in [0.29, 0.717) is 24.0 Å². The first kappa shape index (κ1) is 24.4. The maximum atomic E-state index is 11.7. The van der Waals surface area contributed by atoms with Gasteiger partial charge >= 0.3 is 11.9 Å². The van der Waals surface area contributed by atoms with E-state index in [-0.39, 0.29) is 24.7 Å². The average molecular weight is 414 g/mol. The van der Waals surface area contributed by atoms with Gasteiger partial charge in [0.2, 0.25) is 0 Å². The summed E-state index contributed by atoms with van der Waals surface area (Å²) in [7, 11) is 0. The van der Waals surface area contributed by atoms with Crippen molar-refractivity contribution in [3.05, 3.63) is 71.8 Å². The fourth-order valence-electron chi connectivity index (χ4n) is 2.34. The van der Waals surface area contributed by atoms with Crippen LogP contribution < -0.4 is 10.9 Å². The van der Waals surface area contributed by atoms with Crippen molar-refractivity contribution in [1.29, 1.82) is 0 Å². The summed E-state index contributed by atoms with van der Waals surface area (Å²) in [6, 6.07) is 17.4. The van der Waals surface area contributed by atoms with Crippen LogP contribution in [0, 0.1) is 0 Å². The second-order valence-corrected chi connectivity index (χ2v) is 6.34. The smallest absolute Gasteiger partial charge is 0.303 e. The third-order valence-electron chi connectivity index (χ3n) is 3.89. The van der Waals surface area contributed by atoms with Crippen LogP contribution in [0.5, 0.6) is 0 Å². The van der Waals surface area contributed by atoms with Gasteiger partial charge in [0.15, 0.2) is 0 Å². The molecule has 2 amide bonds. The predicted molar refractivity (Wildman–Crippen MR) is 111 cm³/mol. The Labute approximate surface area is 174 Å². The van der Waals surface area contributed by atoms with Gasteiger partial charge in [-0.2, -0.15) is 0 Å². The molecule has 30 heavy (non-hydrogen) atoms. The van der Waals surface area contributed by atoms with Gasteiger partial charge in [0.05, 0.1) is 0 Å². The fourth-order valence-corrected chi connectivity index (χ4v) is 2.34. The zero-order valence-electron chi connectivity index (χ0n) is 16.5. The highest BCUT2D eigenvalue weighted by atomic mass is 16.4. The van der Waals surface area contributed by atoms with Crippen molar-refractivity contribution in [1.82, 2.24) is 10.9 Å².